The lowest BCUT2D eigenvalue weighted by Crippen LogP contribution is -2.38. The van der Waals surface area contributed by atoms with Gasteiger partial charge in [0.15, 0.2) is 0 Å². The Hall–Kier alpha value is 0.0500. The highest BCUT2D eigenvalue weighted by Crippen LogP contribution is 2.64. The molecular formula is C15H24Cl2O2. The third kappa shape index (κ3) is 2.90. The zero-order valence-corrected chi connectivity index (χ0v) is 13.7. The zero-order valence-electron chi connectivity index (χ0n) is 12.2. The van der Waals surface area contributed by atoms with Gasteiger partial charge in [0.05, 0.1) is 0 Å². The second-order valence-corrected chi connectivity index (χ2v) is 8.47. The number of esters is 1. The summed E-state index contributed by atoms with van der Waals surface area (Å²) in [5.41, 5.74) is -0.710. The number of carbonyl (C=O) groups is 1. The van der Waals surface area contributed by atoms with E-state index in [0.29, 0.717) is 24.2 Å². The minimum Gasteiger partial charge on any atom is -0.462 e. The Bertz CT molecular complexity index is 367. The van der Waals surface area contributed by atoms with Crippen LogP contribution in [0.4, 0.5) is 0 Å². The molecule has 0 aliphatic heterocycles. The minimum atomic E-state index is -0.933. The van der Waals surface area contributed by atoms with Crippen molar-refractivity contribution in [1.82, 2.24) is 0 Å². The fourth-order valence-electron chi connectivity index (χ4n) is 3.14. The van der Waals surface area contributed by atoms with Crippen molar-refractivity contribution >= 4 is 29.2 Å². The Balaban J connectivity index is 2.02. The van der Waals surface area contributed by atoms with Crippen LogP contribution in [-0.2, 0) is 9.53 Å². The lowest BCUT2D eigenvalue weighted by molar-refractivity contribution is -0.162. The van der Waals surface area contributed by atoms with Gasteiger partial charge in [-0.05, 0) is 37.5 Å². The van der Waals surface area contributed by atoms with Crippen LogP contribution in [0.1, 0.15) is 53.4 Å². The molecule has 0 aromatic heterocycles. The molecule has 110 valence electrons. The Morgan fingerprint density at radius 3 is 2.37 bits per heavy atom. The standard InChI is InChI=1S/C15H24Cl2O2/c1-9(2)11-6-5-10(3)7-12(11)19-13(18)14(4)8-15(14,16)17/h9-12H,5-8H2,1-4H3/t10-,11+,12-,14?/m1/s1. The molecule has 0 spiro atoms. The number of hydrogen-bond donors (Lipinski definition) is 0. The van der Waals surface area contributed by atoms with Crippen LogP contribution in [0.25, 0.3) is 0 Å². The topological polar surface area (TPSA) is 26.3 Å². The average Bonchev–Trinajstić information content (AvgIpc) is 2.79. The third-order valence-electron chi connectivity index (χ3n) is 4.93. The Morgan fingerprint density at radius 2 is 1.89 bits per heavy atom. The van der Waals surface area contributed by atoms with Crippen molar-refractivity contribution in [2.24, 2.45) is 23.2 Å². The maximum absolute atomic E-state index is 12.3. The van der Waals surface area contributed by atoms with Gasteiger partial charge in [0.25, 0.3) is 0 Å². The number of halogens is 2. The van der Waals surface area contributed by atoms with Crippen LogP contribution in [0, 0.1) is 23.2 Å². The van der Waals surface area contributed by atoms with E-state index in [1.54, 1.807) is 6.92 Å². The molecule has 0 aromatic rings. The van der Waals surface area contributed by atoms with Crippen LogP contribution in [0.15, 0.2) is 0 Å². The van der Waals surface area contributed by atoms with E-state index in [0.717, 1.165) is 12.8 Å². The Labute approximate surface area is 126 Å². The summed E-state index contributed by atoms with van der Waals surface area (Å²) >= 11 is 12.1. The smallest absolute Gasteiger partial charge is 0.315 e. The van der Waals surface area contributed by atoms with Crippen molar-refractivity contribution in [2.45, 2.75) is 63.8 Å². The number of ether oxygens (including phenoxy) is 1. The molecule has 0 amide bonds. The first-order valence-electron chi connectivity index (χ1n) is 7.26. The molecule has 2 saturated carbocycles. The molecule has 2 nitrogen and oxygen atoms in total. The molecule has 1 unspecified atom stereocenters. The van der Waals surface area contributed by atoms with Crippen molar-refractivity contribution in [2.75, 3.05) is 0 Å². The molecule has 0 saturated heterocycles. The summed E-state index contributed by atoms with van der Waals surface area (Å²) in [6, 6.07) is 0. The first kappa shape index (κ1) is 15.4. The van der Waals surface area contributed by atoms with E-state index >= 15 is 0 Å². The number of carbonyl (C=O) groups excluding carboxylic acids is 1. The summed E-state index contributed by atoms with van der Waals surface area (Å²) in [7, 11) is 0. The van der Waals surface area contributed by atoms with Crippen LogP contribution in [-0.4, -0.2) is 16.4 Å². The van der Waals surface area contributed by atoms with Crippen molar-refractivity contribution in [1.29, 1.82) is 0 Å². The highest BCUT2D eigenvalue weighted by Gasteiger charge is 2.69. The number of rotatable bonds is 3. The molecule has 2 aliphatic carbocycles. The summed E-state index contributed by atoms with van der Waals surface area (Å²) in [6.07, 6.45) is 3.85. The summed E-state index contributed by atoms with van der Waals surface area (Å²) in [4.78, 5) is 12.3. The highest BCUT2D eigenvalue weighted by atomic mass is 35.5. The van der Waals surface area contributed by atoms with Crippen LogP contribution >= 0.6 is 23.2 Å². The lowest BCUT2D eigenvalue weighted by atomic mass is 9.75. The zero-order chi connectivity index (χ0) is 14.4. The van der Waals surface area contributed by atoms with Gasteiger partial charge in [-0.1, -0.05) is 27.2 Å². The number of alkyl halides is 2. The second kappa shape index (κ2) is 5.11. The fraction of sp³-hybridized carbons (Fsp3) is 0.933. The molecular weight excluding hydrogens is 283 g/mol. The molecule has 0 heterocycles. The van der Waals surface area contributed by atoms with Gasteiger partial charge in [0, 0.05) is 6.42 Å². The summed E-state index contributed by atoms with van der Waals surface area (Å²) in [5, 5.41) is 0. The highest BCUT2D eigenvalue weighted by molar-refractivity contribution is 6.53. The summed E-state index contributed by atoms with van der Waals surface area (Å²) in [6.45, 7) is 8.43. The molecule has 0 aromatic carbocycles. The molecule has 0 radical (unpaired) electrons. The molecule has 4 atom stereocenters. The van der Waals surface area contributed by atoms with Gasteiger partial charge in [-0.2, -0.15) is 0 Å². The average molecular weight is 307 g/mol. The first-order chi connectivity index (χ1) is 8.67. The lowest BCUT2D eigenvalue weighted by Gasteiger charge is -2.37. The maximum Gasteiger partial charge on any atom is 0.315 e. The molecule has 2 aliphatic rings. The molecule has 4 heteroatoms. The molecule has 0 N–H and O–H groups in total. The third-order valence-corrected chi connectivity index (χ3v) is 6.03. The normalized spacial score (nSPS) is 41.1. The van der Waals surface area contributed by atoms with Gasteiger partial charge in [-0.25, -0.2) is 0 Å². The van der Waals surface area contributed by atoms with Crippen molar-refractivity contribution < 1.29 is 9.53 Å². The second-order valence-electron chi connectivity index (χ2n) is 6.98. The maximum atomic E-state index is 12.3. The van der Waals surface area contributed by atoms with Crippen molar-refractivity contribution in [3.05, 3.63) is 0 Å². The fourth-order valence-corrected chi connectivity index (χ4v) is 3.83. The van der Waals surface area contributed by atoms with Gasteiger partial charge in [-0.15, -0.1) is 23.2 Å². The SMILES string of the molecule is CC(C)[C@@H]1CC[C@@H](C)C[C@H]1OC(=O)C1(C)CC1(Cl)Cl. The first-order valence-corrected chi connectivity index (χ1v) is 8.02. The van der Waals surface area contributed by atoms with E-state index in [1.165, 1.54) is 6.42 Å². The van der Waals surface area contributed by atoms with Crippen LogP contribution < -0.4 is 0 Å². The molecule has 19 heavy (non-hydrogen) atoms. The van der Waals surface area contributed by atoms with Crippen LogP contribution in [0.3, 0.4) is 0 Å². The number of hydrogen-bond acceptors (Lipinski definition) is 2. The van der Waals surface area contributed by atoms with E-state index in [1.807, 2.05) is 0 Å². The summed E-state index contributed by atoms with van der Waals surface area (Å²) in [5.74, 6) is 1.40. The van der Waals surface area contributed by atoms with E-state index in [-0.39, 0.29) is 12.1 Å². The van der Waals surface area contributed by atoms with Gasteiger partial charge in [0.2, 0.25) is 0 Å². The van der Waals surface area contributed by atoms with E-state index in [9.17, 15) is 4.79 Å². The Morgan fingerprint density at radius 1 is 1.32 bits per heavy atom. The predicted molar refractivity (Wildman–Crippen MR) is 78.4 cm³/mol. The van der Waals surface area contributed by atoms with Gasteiger partial charge >= 0.3 is 5.97 Å². The van der Waals surface area contributed by atoms with Crippen LogP contribution in [0.2, 0.25) is 0 Å². The van der Waals surface area contributed by atoms with E-state index in [2.05, 4.69) is 20.8 Å². The van der Waals surface area contributed by atoms with Gasteiger partial charge in [-0.3, -0.25) is 4.79 Å². The van der Waals surface area contributed by atoms with Crippen molar-refractivity contribution in [3.8, 4) is 0 Å². The van der Waals surface area contributed by atoms with Gasteiger partial charge in [0.1, 0.15) is 15.9 Å². The summed E-state index contributed by atoms with van der Waals surface area (Å²) < 4.78 is 4.86. The largest absolute Gasteiger partial charge is 0.462 e. The van der Waals surface area contributed by atoms with Gasteiger partial charge < -0.3 is 4.74 Å². The minimum absolute atomic E-state index is 0.0257. The molecule has 0 bridgehead atoms. The van der Waals surface area contributed by atoms with Crippen molar-refractivity contribution in [3.63, 3.8) is 0 Å². The quantitative estimate of drug-likeness (QED) is 0.564. The van der Waals surface area contributed by atoms with Crippen LogP contribution in [0.5, 0.6) is 0 Å². The molecule has 2 fully saturated rings. The molecule has 2 rings (SSSR count). The predicted octanol–water partition coefficient (Wildman–Crippen LogP) is 4.57. The van der Waals surface area contributed by atoms with E-state index < -0.39 is 9.75 Å². The monoisotopic (exact) mass is 306 g/mol. The van der Waals surface area contributed by atoms with E-state index in [4.69, 9.17) is 27.9 Å². The Kier molecular flexibility index (Phi) is 4.15.